The van der Waals surface area contributed by atoms with Crippen molar-refractivity contribution >= 4 is 17.6 Å². The molecule has 0 bridgehead atoms. The molecule has 0 radical (unpaired) electrons. The number of alkyl halides is 3. The predicted octanol–water partition coefficient (Wildman–Crippen LogP) is 2.06. The van der Waals surface area contributed by atoms with Gasteiger partial charge in [-0.15, -0.1) is 0 Å². The number of halogens is 3. The number of hydrogen-bond donors (Lipinski definition) is 3. The van der Waals surface area contributed by atoms with E-state index in [0.29, 0.717) is 0 Å². The largest absolute Gasteiger partial charge is 0.433 e. The van der Waals surface area contributed by atoms with Crippen molar-refractivity contribution in [3.05, 3.63) is 23.4 Å². The summed E-state index contributed by atoms with van der Waals surface area (Å²) in [5, 5.41) is 20.4. The van der Waals surface area contributed by atoms with Crippen molar-refractivity contribution < 1.29 is 23.5 Å². The Balaban J connectivity index is 3.27. The average molecular weight is 309 g/mol. The van der Waals surface area contributed by atoms with Gasteiger partial charge in [-0.2, -0.15) is 13.2 Å². The molecule has 0 fully saturated rings. The van der Waals surface area contributed by atoms with Crippen molar-refractivity contribution in [1.82, 2.24) is 4.98 Å². The Morgan fingerprint density at radius 1 is 1.40 bits per heavy atom. The number of rotatable bonds is 4. The Hall–Kier alpha value is -1.48. The summed E-state index contributed by atoms with van der Waals surface area (Å²) >= 11 is 0.919. The fourth-order valence-corrected chi connectivity index (χ4v) is 2.21. The molecule has 0 aliphatic rings. The van der Waals surface area contributed by atoms with E-state index in [4.69, 9.17) is 10.9 Å². The van der Waals surface area contributed by atoms with Crippen LogP contribution in [-0.2, 0) is 6.18 Å². The highest BCUT2D eigenvalue weighted by atomic mass is 32.2. The molecule has 1 heterocycles. The summed E-state index contributed by atoms with van der Waals surface area (Å²) in [7, 11) is 0. The van der Waals surface area contributed by atoms with Gasteiger partial charge in [-0.3, -0.25) is 0 Å². The Morgan fingerprint density at radius 2 is 2.00 bits per heavy atom. The molecule has 4 N–H and O–H groups in total. The van der Waals surface area contributed by atoms with Gasteiger partial charge in [-0.25, -0.2) is 4.98 Å². The number of thioether (sulfide) groups is 1. The summed E-state index contributed by atoms with van der Waals surface area (Å²) in [6.45, 7) is 3.14. The van der Waals surface area contributed by atoms with Gasteiger partial charge in [-0.1, -0.05) is 23.8 Å². The van der Waals surface area contributed by atoms with Crippen molar-refractivity contribution in [2.24, 2.45) is 10.9 Å². The Labute approximate surface area is 117 Å². The summed E-state index contributed by atoms with van der Waals surface area (Å²) in [5.41, 5.74) is 4.41. The quantitative estimate of drug-likeness (QED) is 0.260. The second-order valence-electron chi connectivity index (χ2n) is 4.10. The third kappa shape index (κ3) is 4.01. The summed E-state index contributed by atoms with van der Waals surface area (Å²) < 4.78 is 37.9. The lowest BCUT2D eigenvalue weighted by atomic mass is 10.2. The molecule has 2 atom stereocenters. The lowest BCUT2D eigenvalue weighted by Crippen LogP contribution is -2.20. The van der Waals surface area contributed by atoms with Crippen LogP contribution in [0.5, 0.6) is 0 Å². The molecular formula is C11H14F3N3O2S. The molecule has 0 saturated carbocycles. The zero-order valence-electron chi connectivity index (χ0n) is 10.7. The number of pyridine rings is 1. The van der Waals surface area contributed by atoms with Gasteiger partial charge in [0, 0.05) is 5.25 Å². The standard InChI is InChI=1S/C11H14F3N3O2S/c1-5(18)6(2)20-10-7(9(15)17-19)3-4-8(16-10)11(12,13)14/h3-6,18-19H,1-2H3,(H2,15,17). The molecule has 112 valence electrons. The topological polar surface area (TPSA) is 91.7 Å². The fraction of sp³-hybridized carbons (Fsp3) is 0.455. The van der Waals surface area contributed by atoms with Gasteiger partial charge < -0.3 is 16.0 Å². The second kappa shape index (κ2) is 6.31. The number of hydrogen-bond acceptors (Lipinski definition) is 5. The van der Waals surface area contributed by atoms with Gasteiger partial charge in [0.05, 0.1) is 11.7 Å². The molecule has 0 aliphatic heterocycles. The molecule has 0 saturated heterocycles. The van der Waals surface area contributed by atoms with E-state index >= 15 is 0 Å². The summed E-state index contributed by atoms with van der Waals surface area (Å²) in [4.78, 5) is 3.49. The van der Waals surface area contributed by atoms with Crippen LogP contribution in [0.25, 0.3) is 0 Å². The van der Waals surface area contributed by atoms with Crippen LogP contribution in [0, 0.1) is 0 Å². The molecular weight excluding hydrogens is 295 g/mol. The van der Waals surface area contributed by atoms with E-state index in [9.17, 15) is 18.3 Å². The predicted molar refractivity (Wildman–Crippen MR) is 68.7 cm³/mol. The van der Waals surface area contributed by atoms with E-state index in [1.165, 1.54) is 6.92 Å². The number of nitrogens with two attached hydrogens (primary N) is 1. The summed E-state index contributed by atoms with van der Waals surface area (Å²) in [6.07, 6.45) is -5.34. The van der Waals surface area contributed by atoms with Crippen molar-refractivity contribution in [2.75, 3.05) is 0 Å². The summed E-state index contributed by atoms with van der Waals surface area (Å²) in [5.74, 6) is -0.341. The first-order valence-electron chi connectivity index (χ1n) is 5.57. The maximum atomic E-state index is 12.6. The Morgan fingerprint density at radius 3 is 2.45 bits per heavy atom. The Kier molecular flexibility index (Phi) is 5.23. The highest BCUT2D eigenvalue weighted by Crippen LogP contribution is 2.32. The maximum Gasteiger partial charge on any atom is 0.433 e. The number of aliphatic hydroxyl groups is 1. The smallest absolute Gasteiger partial charge is 0.409 e. The van der Waals surface area contributed by atoms with Gasteiger partial charge in [0.2, 0.25) is 0 Å². The van der Waals surface area contributed by atoms with Crippen molar-refractivity contribution in [2.45, 2.75) is 36.4 Å². The van der Waals surface area contributed by atoms with Crippen LogP contribution < -0.4 is 5.73 Å². The fourth-order valence-electron chi connectivity index (χ4n) is 1.21. The lowest BCUT2D eigenvalue weighted by molar-refractivity contribution is -0.141. The van der Waals surface area contributed by atoms with Crippen LogP contribution in [0.3, 0.4) is 0 Å². The molecule has 0 amide bonds. The first-order valence-corrected chi connectivity index (χ1v) is 6.45. The van der Waals surface area contributed by atoms with Gasteiger partial charge in [0.15, 0.2) is 5.84 Å². The average Bonchev–Trinajstić information content (AvgIpc) is 2.36. The number of nitrogens with zero attached hydrogens (tertiary/aromatic N) is 2. The van der Waals surface area contributed by atoms with E-state index in [1.807, 2.05) is 0 Å². The minimum absolute atomic E-state index is 0.0523. The SMILES string of the molecule is CC(O)C(C)Sc1nc(C(F)(F)F)ccc1/C(N)=N/O. The van der Waals surface area contributed by atoms with Crippen molar-refractivity contribution in [3.63, 3.8) is 0 Å². The van der Waals surface area contributed by atoms with Crippen LogP contribution >= 0.6 is 11.8 Å². The number of aromatic nitrogens is 1. The van der Waals surface area contributed by atoms with E-state index in [1.54, 1.807) is 6.92 Å². The van der Waals surface area contributed by atoms with Crippen molar-refractivity contribution in [1.29, 1.82) is 0 Å². The highest BCUT2D eigenvalue weighted by molar-refractivity contribution is 8.00. The Bertz CT molecular complexity index is 506. The van der Waals surface area contributed by atoms with Gasteiger partial charge in [-0.05, 0) is 19.1 Å². The molecule has 9 heteroatoms. The first kappa shape index (κ1) is 16.6. The van der Waals surface area contributed by atoms with Gasteiger partial charge in [0.25, 0.3) is 0 Å². The van der Waals surface area contributed by atoms with Crippen LogP contribution in [0.15, 0.2) is 22.3 Å². The zero-order valence-corrected chi connectivity index (χ0v) is 11.5. The monoisotopic (exact) mass is 309 g/mol. The number of aliphatic hydroxyl groups excluding tert-OH is 1. The first-order chi connectivity index (χ1) is 9.16. The van der Waals surface area contributed by atoms with Crippen LogP contribution in [-0.4, -0.2) is 32.5 Å². The van der Waals surface area contributed by atoms with E-state index in [-0.39, 0.29) is 16.4 Å². The van der Waals surface area contributed by atoms with Crippen LogP contribution in [0.4, 0.5) is 13.2 Å². The van der Waals surface area contributed by atoms with Crippen LogP contribution in [0.1, 0.15) is 25.1 Å². The zero-order chi connectivity index (χ0) is 15.5. The minimum Gasteiger partial charge on any atom is -0.409 e. The van der Waals surface area contributed by atoms with E-state index in [0.717, 1.165) is 23.9 Å². The molecule has 0 aromatic carbocycles. The second-order valence-corrected chi connectivity index (χ2v) is 5.46. The van der Waals surface area contributed by atoms with Crippen LogP contribution in [0.2, 0.25) is 0 Å². The molecule has 0 spiro atoms. The molecule has 1 aromatic rings. The molecule has 0 aliphatic carbocycles. The number of oxime groups is 1. The van der Waals surface area contributed by atoms with E-state index in [2.05, 4.69) is 10.1 Å². The molecule has 20 heavy (non-hydrogen) atoms. The summed E-state index contributed by atoms with van der Waals surface area (Å²) in [6, 6.07) is 1.84. The van der Waals surface area contributed by atoms with Gasteiger partial charge >= 0.3 is 6.18 Å². The number of amidine groups is 1. The molecule has 2 unspecified atom stereocenters. The van der Waals surface area contributed by atoms with Gasteiger partial charge in [0.1, 0.15) is 10.7 Å². The molecule has 1 aromatic heterocycles. The third-order valence-electron chi connectivity index (χ3n) is 2.51. The molecule has 5 nitrogen and oxygen atoms in total. The highest BCUT2D eigenvalue weighted by Gasteiger charge is 2.33. The minimum atomic E-state index is -4.59. The maximum absolute atomic E-state index is 12.6. The van der Waals surface area contributed by atoms with E-state index < -0.39 is 23.2 Å². The molecule has 1 rings (SSSR count). The third-order valence-corrected chi connectivity index (χ3v) is 3.81. The normalized spacial score (nSPS) is 16.0. The van der Waals surface area contributed by atoms with Crippen molar-refractivity contribution in [3.8, 4) is 0 Å². The lowest BCUT2D eigenvalue weighted by Gasteiger charge is -2.16.